The standard InChI is InChI=1S/C13H19NO4Si/c1-12-3-2-4-13(11-12)18-19-15-8-5-14(6-9-16-19)7-10-17-19/h2-4,11H,5-10H2,1H3. The van der Waals surface area contributed by atoms with Gasteiger partial charge < -0.3 is 17.7 Å². The van der Waals surface area contributed by atoms with Gasteiger partial charge in [-0.15, -0.1) is 0 Å². The van der Waals surface area contributed by atoms with Crippen molar-refractivity contribution in [3.05, 3.63) is 29.8 Å². The molecule has 1 aromatic rings. The highest BCUT2D eigenvalue weighted by Crippen LogP contribution is 2.22. The molecule has 5 nitrogen and oxygen atoms in total. The lowest BCUT2D eigenvalue weighted by Crippen LogP contribution is -2.59. The van der Waals surface area contributed by atoms with E-state index in [0.717, 1.165) is 30.9 Å². The fourth-order valence-electron chi connectivity index (χ4n) is 2.27. The Kier molecular flexibility index (Phi) is 3.85. The molecule has 0 radical (unpaired) electrons. The molecule has 104 valence electrons. The SMILES string of the molecule is Cc1cccc(O[Si]23OCCN(CCO2)CCO3)c1. The number of nitrogens with zero attached hydrogens (tertiary/aromatic N) is 1. The minimum Gasteiger partial charge on any atom is -0.480 e. The van der Waals surface area contributed by atoms with Gasteiger partial charge >= 0.3 is 9.05 Å². The lowest BCUT2D eigenvalue weighted by molar-refractivity contribution is -0.0496. The number of rotatable bonds is 2. The summed E-state index contributed by atoms with van der Waals surface area (Å²) in [5.74, 6) is 0.754. The molecule has 3 aliphatic rings. The number of hydrogen-bond acceptors (Lipinski definition) is 5. The molecule has 3 saturated heterocycles. The van der Waals surface area contributed by atoms with Crippen molar-refractivity contribution < 1.29 is 17.7 Å². The third-order valence-electron chi connectivity index (χ3n) is 3.29. The average molecular weight is 281 g/mol. The molecule has 0 aliphatic carbocycles. The maximum atomic E-state index is 5.98. The van der Waals surface area contributed by atoms with Crippen LogP contribution in [0.4, 0.5) is 0 Å². The molecular formula is C13H19NO4Si. The molecule has 2 bridgehead atoms. The van der Waals surface area contributed by atoms with Crippen LogP contribution in [-0.2, 0) is 13.3 Å². The van der Waals surface area contributed by atoms with Gasteiger partial charge in [-0.1, -0.05) is 12.1 Å². The van der Waals surface area contributed by atoms with Crippen molar-refractivity contribution in [1.82, 2.24) is 4.90 Å². The van der Waals surface area contributed by atoms with Crippen LogP contribution in [0.25, 0.3) is 0 Å². The minimum absolute atomic E-state index is 0.595. The Hall–Kier alpha value is -0.923. The Balaban J connectivity index is 1.79. The monoisotopic (exact) mass is 281 g/mol. The molecule has 0 unspecified atom stereocenters. The lowest BCUT2D eigenvalue weighted by Gasteiger charge is -2.36. The molecule has 19 heavy (non-hydrogen) atoms. The van der Waals surface area contributed by atoms with E-state index in [-0.39, 0.29) is 0 Å². The van der Waals surface area contributed by atoms with Crippen molar-refractivity contribution in [2.45, 2.75) is 6.92 Å². The van der Waals surface area contributed by atoms with E-state index in [2.05, 4.69) is 4.90 Å². The molecule has 3 heterocycles. The summed E-state index contributed by atoms with van der Waals surface area (Å²) in [6.07, 6.45) is 0. The van der Waals surface area contributed by atoms with Gasteiger partial charge in [0, 0.05) is 19.6 Å². The molecule has 0 saturated carbocycles. The third kappa shape index (κ3) is 3.15. The van der Waals surface area contributed by atoms with Crippen LogP contribution < -0.4 is 4.43 Å². The van der Waals surface area contributed by atoms with E-state index in [9.17, 15) is 0 Å². The zero-order valence-corrected chi connectivity index (χ0v) is 12.1. The predicted octanol–water partition coefficient (Wildman–Crippen LogP) is 1.19. The summed E-state index contributed by atoms with van der Waals surface area (Å²) in [4.78, 5) is 2.28. The van der Waals surface area contributed by atoms with Crippen LogP contribution in [-0.4, -0.2) is 53.4 Å². The van der Waals surface area contributed by atoms with Crippen molar-refractivity contribution in [3.63, 3.8) is 0 Å². The van der Waals surface area contributed by atoms with Gasteiger partial charge in [0.1, 0.15) is 5.75 Å². The van der Waals surface area contributed by atoms with Crippen LogP contribution in [0.5, 0.6) is 5.75 Å². The second kappa shape index (κ2) is 5.60. The van der Waals surface area contributed by atoms with Gasteiger partial charge in [0.15, 0.2) is 0 Å². The molecule has 0 spiro atoms. The molecule has 4 rings (SSSR count). The highest BCUT2D eigenvalue weighted by atomic mass is 28.4. The first kappa shape index (κ1) is 13.1. The fraction of sp³-hybridized carbons (Fsp3) is 0.538. The smallest absolute Gasteiger partial charge is 0.480 e. The van der Waals surface area contributed by atoms with Crippen molar-refractivity contribution in [3.8, 4) is 5.75 Å². The Morgan fingerprint density at radius 1 is 1.05 bits per heavy atom. The number of fused-ring (bicyclic) bond motifs is 6. The Bertz CT molecular complexity index is 416. The van der Waals surface area contributed by atoms with E-state index in [1.807, 2.05) is 31.2 Å². The van der Waals surface area contributed by atoms with Gasteiger partial charge in [0.25, 0.3) is 0 Å². The predicted molar refractivity (Wildman–Crippen MR) is 71.9 cm³/mol. The summed E-state index contributed by atoms with van der Waals surface area (Å²) < 4.78 is 23.4. The van der Waals surface area contributed by atoms with E-state index < -0.39 is 9.05 Å². The van der Waals surface area contributed by atoms with Gasteiger partial charge in [0.05, 0.1) is 19.8 Å². The highest BCUT2D eigenvalue weighted by Gasteiger charge is 2.50. The topological polar surface area (TPSA) is 40.2 Å². The zero-order chi connectivity index (χ0) is 13.1. The summed E-state index contributed by atoms with van der Waals surface area (Å²) in [5.41, 5.74) is 1.14. The first-order valence-corrected chi connectivity index (χ1v) is 8.29. The number of aryl methyl sites for hydroxylation is 1. The molecule has 6 heteroatoms. The molecule has 0 amide bonds. The van der Waals surface area contributed by atoms with E-state index >= 15 is 0 Å². The van der Waals surface area contributed by atoms with Gasteiger partial charge in [0.2, 0.25) is 0 Å². The average Bonchev–Trinajstić information content (AvgIpc) is 2.30. The Labute approximate surface area is 114 Å². The molecule has 0 aromatic heterocycles. The van der Waals surface area contributed by atoms with E-state index in [1.54, 1.807) is 0 Å². The van der Waals surface area contributed by atoms with Crippen LogP contribution in [0.3, 0.4) is 0 Å². The zero-order valence-electron chi connectivity index (χ0n) is 11.1. The first-order valence-electron chi connectivity index (χ1n) is 6.66. The largest absolute Gasteiger partial charge is 0.749 e. The normalized spacial score (nSPS) is 31.3. The second-order valence-electron chi connectivity index (χ2n) is 4.81. The molecule has 1 aromatic carbocycles. The summed E-state index contributed by atoms with van der Waals surface area (Å²) in [7, 11) is -3.02. The van der Waals surface area contributed by atoms with Crippen molar-refractivity contribution in [2.75, 3.05) is 39.5 Å². The maximum absolute atomic E-state index is 5.98. The lowest BCUT2D eigenvalue weighted by atomic mass is 10.2. The van der Waals surface area contributed by atoms with Gasteiger partial charge in [-0.05, 0) is 24.6 Å². The van der Waals surface area contributed by atoms with Gasteiger partial charge in [-0.25, -0.2) is 0 Å². The van der Waals surface area contributed by atoms with Gasteiger partial charge in [-0.3, -0.25) is 4.90 Å². The first-order chi connectivity index (χ1) is 9.26. The maximum Gasteiger partial charge on any atom is 0.749 e. The minimum atomic E-state index is -3.02. The third-order valence-corrected chi connectivity index (χ3v) is 5.45. The summed E-state index contributed by atoms with van der Waals surface area (Å²) >= 11 is 0. The molecule has 0 atom stereocenters. The highest BCUT2D eigenvalue weighted by molar-refractivity contribution is 6.54. The van der Waals surface area contributed by atoms with Crippen molar-refractivity contribution in [2.24, 2.45) is 0 Å². The summed E-state index contributed by atoms with van der Waals surface area (Å²) in [6, 6.07) is 7.88. The Morgan fingerprint density at radius 2 is 1.68 bits per heavy atom. The quantitative estimate of drug-likeness (QED) is 0.762. The van der Waals surface area contributed by atoms with Crippen molar-refractivity contribution >= 4 is 9.05 Å². The molecule has 3 aliphatic heterocycles. The second-order valence-corrected chi connectivity index (χ2v) is 6.88. The molecule has 3 fully saturated rings. The van der Waals surface area contributed by atoms with Crippen LogP contribution in [0, 0.1) is 6.92 Å². The van der Waals surface area contributed by atoms with Crippen LogP contribution in [0.1, 0.15) is 5.56 Å². The number of benzene rings is 1. The summed E-state index contributed by atoms with van der Waals surface area (Å²) in [5, 5.41) is 0. The van der Waals surface area contributed by atoms with Crippen LogP contribution in [0.15, 0.2) is 24.3 Å². The van der Waals surface area contributed by atoms with Crippen LogP contribution >= 0.6 is 0 Å². The molecular weight excluding hydrogens is 262 g/mol. The van der Waals surface area contributed by atoms with E-state index in [4.69, 9.17) is 17.7 Å². The van der Waals surface area contributed by atoms with E-state index in [0.29, 0.717) is 19.8 Å². The molecule has 0 N–H and O–H groups in total. The summed E-state index contributed by atoms with van der Waals surface area (Å²) in [6.45, 7) is 6.56. The number of hydrogen-bond donors (Lipinski definition) is 0. The van der Waals surface area contributed by atoms with Crippen LogP contribution in [0.2, 0.25) is 0 Å². The van der Waals surface area contributed by atoms with Gasteiger partial charge in [-0.2, -0.15) is 0 Å². The van der Waals surface area contributed by atoms with E-state index in [1.165, 1.54) is 0 Å². The fourth-order valence-corrected chi connectivity index (χ4v) is 4.14. The Morgan fingerprint density at radius 3 is 2.26 bits per heavy atom. The van der Waals surface area contributed by atoms with Crippen molar-refractivity contribution in [1.29, 1.82) is 0 Å².